The highest BCUT2D eigenvalue weighted by atomic mass is 31.2. The third kappa shape index (κ3) is 58.3. The summed E-state index contributed by atoms with van der Waals surface area (Å²) in [5.74, 6) is -0.191. The monoisotopic (exact) mass is 1080 g/mol. The molecule has 0 saturated carbocycles. The summed E-state index contributed by atoms with van der Waals surface area (Å²) in [7, 11) is 1.55. The second-order valence-electron chi connectivity index (χ2n) is 21.3. The molecule has 3 atom stereocenters. The zero-order valence-corrected chi connectivity index (χ0v) is 50.3. The van der Waals surface area contributed by atoms with Gasteiger partial charge in [0.25, 0.3) is 0 Å². The van der Waals surface area contributed by atoms with Crippen LogP contribution in [-0.4, -0.2) is 73.4 Å². The minimum Gasteiger partial charge on any atom is -0.387 e. The number of phosphoric acid groups is 1. The van der Waals surface area contributed by atoms with Gasteiger partial charge in [-0.25, -0.2) is 4.57 Å². The molecule has 1 amide bonds. The van der Waals surface area contributed by atoms with Crippen LogP contribution in [0.4, 0.5) is 0 Å². The summed E-state index contributed by atoms with van der Waals surface area (Å²) in [5.41, 5.74) is 0. The van der Waals surface area contributed by atoms with Gasteiger partial charge in [-0.2, -0.15) is 0 Å². The molecule has 0 radical (unpaired) electrons. The molecule has 0 aromatic rings. The molecule has 434 valence electrons. The van der Waals surface area contributed by atoms with Crippen molar-refractivity contribution in [3.63, 3.8) is 0 Å². The third-order valence-corrected chi connectivity index (χ3v) is 13.9. The predicted octanol–water partition coefficient (Wildman–Crippen LogP) is 19.1. The number of nitrogens with one attached hydrogen (secondary N) is 1. The number of phosphoric ester groups is 1. The van der Waals surface area contributed by atoms with Crippen LogP contribution in [0.15, 0.2) is 134 Å². The maximum absolute atomic E-state index is 13.0. The first-order valence-corrected chi connectivity index (χ1v) is 32.1. The Morgan fingerprint density at radius 2 is 0.789 bits per heavy atom. The Morgan fingerprint density at radius 3 is 1.16 bits per heavy atom. The van der Waals surface area contributed by atoms with E-state index in [4.69, 9.17) is 9.05 Å². The maximum atomic E-state index is 13.0. The van der Waals surface area contributed by atoms with Crippen LogP contribution < -0.4 is 5.32 Å². The van der Waals surface area contributed by atoms with Crippen LogP contribution in [0.2, 0.25) is 0 Å². The van der Waals surface area contributed by atoms with Crippen LogP contribution in [0.5, 0.6) is 0 Å². The van der Waals surface area contributed by atoms with Crippen molar-refractivity contribution in [3.05, 3.63) is 134 Å². The molecule has 3 unspecified atom stereocenters. The largest absolute Gasteiger partial charge is 0.472 e. The van der Waals surface area contributed by atoms with E-state index < -0.39 is 20.0 Å². The van der Waals surface area contributed by atoms with Crippen molar-refractivity contribution in [2.24, 2.45) is 0 Å². The standard InChI is InChI=1S/C67H115N2O6P/c1-6-8-10-12-14-16-18-20-22-23-24-25-26-27-28-29-30-31-32-33-34-35-36-37-38-39-40-41-42-43-44-45-47-49-51-53-55-57-59-61-67(71)68-65(64-75-76(72,73)74-63-62-69(3,4)5)66(70)60-58-56-54-52-50-48-46-21-19-17-15-13-11-9-7-2/h8,10,14,16,20,22,24-25,27-28,30-31,33-34,36-37,39-40,42-43,58,60,65-66,70H,6-7,9,11-13,15,17-19,21,23,26,29,32,35,38,41,44-57,59,61-64H2,1-5H3,(H-,68,71,72,73)/p+1/b10-8-,16-14-,22-20-,25-24-,28-27-,31-30-,34-33-,37-36-,40-39-,43-42-,60-58+. The van der Waals surface area contributed by atoms with Gasteiger partial charge in [-0.3, -0.25) is 13.8 Å². The second-order valence-corrected chi connectivity index (χ2v) is 22.8. The van der Waals surface area contributed by atoms with Crippen LogP contribution >= 0.6 is 7.82 Å². The van der Waals surface area contributed by atoms with Crippen molar-refractivity contribution in [1.29, 1.82) is 0 Å². The van der Waals surface area contributed by atoms with Crippen LogP contribution in [0.25, 0.3) is 0 Å². The minimum absolute atomic E-state index is 0.0536. The first-order valence-electron chi connectivity index (χ1n) is 30.6. The molecule has 0 bridgehead atoms. The van der Waals surface area contributed by atoms with Gasteiger partial charge < -0.3 is 19.8 Å². The van der Waals surface area contributed by atoms with Crippen molar-refractivity contribution in [1.82, 2.24) is 5.32 Å². The Hall–Kier alpha value is -3.36. The topological polar surface area (TPSA) is 105 Å². The van der Waals surface area contributed by atoms with Crippen molar-refractivity contribution in [2.45, 2.75) is 244 Å². The van der Waals surface area contributed by atoms with E-state index in [1.807, 2.05) is 27.2 Å². The fraction of sp³-hybridized carbons (Fsp3) is 0.657. The summed E-state index contributed by atoms with van der Waals surface area (Å²) < 4.78 is 23.7. The highest BCUT2D eigenvalue weighted by Crippen LogP contribution is 2.43. The number of hydrogen-bond acceptors (Lipinski definition) is 5. The number of rotatable bonds is 54. The number of amides is 1. The molecule has 0 aliphatic heterocycles. The molecule has 0 aromatic carbocycles. The van der Waals surface area contributed by atoms with Gasteiger partial charge in [0.05, 0.1) is 39.9 Å². The predicted molar refractivity (Wildman–Crippen MR) is 331 cm³/mol. The van der Waals surface area contributed by atoms with Gasteiger partial charge in [0.15, 0.2) is 0 Å². The van der Waals surface area contributed by atoms with Crippen molar-refractivity contribution < 1.29 is 32.9 Å². The number of unbranched alkanes of at least 4 members (excludes halogenated alkanes) is 21. The van der Waals surface area contributed by atoms with Gasteiger partial charge in [-0.1, -0.05) is 263 Å². The summed E-state index contributed by atoms with van der Waals surface area (Å²) in [6.07, 6.45) is 85.6. The van der Waals surface area contributed by atoms with E-state index in [-0.39, 0.29) is 19.1 Å². The number of nitrogens with zero attached hydrogens (tertiary/aromatic N) is 1. The van der Waals surface area contributed by atoms with Gasteiger partial charge >= 0.3 is 7.82 Å². The molecule has 0 aliphatic carbocycles. The number of aliphatic hydroxyl groups is 1. The minimum atomic E-state index is -4.36. The highest BCUT2D eigenvalue weighted by molar-refractivity contribution is 7.47. The summed E-state index contributed by atoms with van der Waals surface area (Å²) in [4.78, 5) is 23.3. The lowest BCUT2D eigenvalue weighted by atomic mass is 10.0. The Bertz CT molecular complexity index is 1700. The van der Waals surface area contributed by atoms with E-state index in [1.165, 1.54) is 96.3 Å². The molecule has 0 rings (SSSR count). The van der Waals surface area contributed by atoms with E-state index in [0.29, 0.717) is 17.4 Å². The molecule has 9 heteroatoms. The molecule has 0 saturated heterocycles. The second kappa shape index (κ2) is 56.4. The lowest BCUT2D eigenvalue weighted by molar-refractivity contribution is -0.870. The number of allylic oxidation sites excluding steroid dienone is 21. The van der Waals surface area contributed by atoms with Gasteiger partial charge in [-0.15, -0.1) is 0 Å². The summed E-state index contributed by atoms with van der Waals surface area (Å²) in [6, 6.07) is -0.860. The number of carbonyl (C=O) groups is 1. The van der Waals surface area contributed by atoms with Gasteiger partial charge in [0.1, 0.15) is 13.2 Å². The molecule has 0 heterocycles. The summed E-state index contributed by atoms with van der Waals surface area (Å²) >= 11 is 0. The number of likely N-dealkylation sites (N-methyl/N-ethyl adjacent to an activating group) is 1. The van der Waals surface area contributed by atoms with E-state index in [9.17, 15) is 19.4 Å². The lowest BCUT2D eigenvalue weighted by Gasteiger charge is -2.25. The zero-order chi connectivity index (χ0) is 55.6. The van der Waals surface area contributed by atoms with Crippen molar-refractivity contribution >= 4 is 13.7 Å². The van der Waals surface area contributed by atoms with Crippen LogP contribution in [0.1, 0.15) is 232 Å². The Labute approximate surface area is 468 Å². The number of quaternary nitrogens is 1. The fourth-order valence-corrected chi connectivity index (χ4v) is 8.86. The molecule has 0 fully saturated rings. The lowest BCUT2D eigenvalue weighted by Crippen LogP contribution is -2.45. The highest BCUT2D eigenvalue weighted by Gasteiger charge is 2.27. The average molecular weight is 1080 g/mol. The first-order chi connectivity index (χ1) is 37.0. The van der Waals surface area contributed by atoms with Gasteiger partial charge in [0, 0.05) is 6.42 Å². The van der Waals surface area contributed by atoms with E-state index >= 15 is 0 Å². The molecule has 8 nitrogen and oxygen atoms in total. The third-order valence-electron chi connectivity index (χ3n) is 12.9. The fourth-order valence-electron chi connectivity index (χ4n) is 8.13. The molecule has 0 aromatic heterocycles. The van der Waals surface area contributed by atoms with Crippen molar-refractivity contribution in [2.75, 3.05) is 40.9 Å². The Balaban J connectivity index is 4.15. The molecule has 76 heavy (non-hydrogen) atoms. The quantitative estimate of drug-likeness (QED) is 0.0243. The van der Waals surface area contributed by atoms with Crippen molar-refractivity contribution in [3.8, 4) is 0 Å². The van der Waals surface area contributed by atoms with E-state index in [1.54, 1.807) is 6.08 Å². The number of carbonyl (C=O) groups excluding carboxylic acids is 1. The molecular weight excluding hydrogens is 960 g/mol. The molecule has 0 aliphatic rings. The zero-order valence-electron chi connectivity index (χ0n) is 49.4. The average Bonchev–Trinajstić information content (AvgIpc) is 3.38. The van der Waals surface area contributed by atoms with Crippen LogP contribution in [-0.2, 0) is 18.4 Å². The normalized spacial score (nSPS) is 14.8. The molecule has 3 N–H and O–H groups in total. The summed E-state index contributed by atoms with van der Waals surface area (Å²) in [5, 5.41) is 13.9. The SMILES string of the molecule is CC/C=C\C/C=C\C/C=C\C/C=C\C/C=C\C/C=C\C/C=C\C/C=C\C/C=C\C/C=C\CCCCCCCCCCC(=O)NC(COP(=O)(O)OCC[N+](C)(C)C)C(O)/C=C/CCCCCCCCCCCCCCC. The first kappa shape index (κ1) is 72.6. The maximum Gasteiger partial charge on any atom is 0.472 e. The van der Waals surface area contributed by atoms with Gasteiger partial charge in [-0.05, 0) is 96.3 Å². The van der Waals surface area contributed by atoms with Crippen LogP contribution in [0.3, 0.4) is 0 Å². The molecular formula is C67H116N2O6P+. The number of hydrogen-bond donors (Lipinski definition) is 3. The van der Waals surface area contributed by atoms with E-state index in [2.05, 4.69) is 141 Å². The van der Waals surface area contributed by atoms with E-state index in [0.717, 1.165) is 116 Å². The van der Waals surface area contributed by atoms with Crippen LogP contribution in [0, 0.1) is 0 Å². The Morgan fingerprint density at radius 1 is 0.461 bits per heavy atom. The Kier molecular flexibility index (Phi) is 53.9. The van der Waals surface area contributed by atoms with Gasteiger partial charge in [0.2, 0.25) is 5.91 Å². The molecule has 0 spiro atoms. The number of aliphatic hydroxyl groups excluding tert-OH is 1. The summed E-state index contributed by atoms with van der Waals surface area (Å²) in [6.45, 7) is 4.68. The smallest absolute Gasteiger partial charge is 0.387 e.